The number of ether oxygens (including phenoxy) is 1. The van der Waals surface area contributed by atoms with Crippen molar-refractivity contribution in [3.63, 3.8) is 0 Å². The topological polar surface area (TPSA) is 77.3 Å². The van der Waals surface area contributed by atoms with Crippen LogP contribution >= 0.6 is 0 Å². The molecule has 4 rings (SSSR count). The van der Waals surface area contributed by atoms with E-state index in [1.165, 1.54) is 10.6 Å². The van der Waals surface area contributed by atoms with Crippen molar-refractivity contribution in [2.75, 3.05) is 24.6 Å². The van der Waals surface area contributed by atoms with Crippen molar-refractivity contribution in [1.82, 2.24) is 14.5 Å². The van der Waals surface area contributed by atoms with E-state index in [4.69, 9.17) is 9.72 Å². The minimum Gasteiger partial charge on any atom is -0.366 e. The number of pyridine rings is 1. The van der Waals surface area contributed by atoms with Crippen molar-refractivity contribution >= 4 is 11.7 Å². The molecule has 7 heteroatoms. The summed E-state index contributed by atoms with van der Waals surface area (Å²) in [5, 5.41) is 0. The molecule has 0 N–H and O–H groups in total. The zero-order valence-electron chi connectivity index (χ0n) is 17.3. The molecular weight excluding hydrogens is 380 g/mol. The average molecular weight is 404 g/mol. The zero-order chi connectivity index (χ0) is 21.3. The molecule has 3 aromatic rings. The number of Topliss-reactive ketones (excluding diaryl/α,β-unsaturated/α-hetero) is 1. The number of hydrogen-bond donors (Lipinski definition) is 0. The number of rotatable bonds is 4. The number of carbonyl (C=O) groups is 1. The van der Waals surface area contributed by atoms with Crippen molar-refractivity contribution in [2.45, 2.75) is 20.0 Å². The quantitative estimate of drug-likeness (QED) is 0.622. The highest BCUT2D eigenvalue weighted by atomic mass is 16.5. The fraction of sp³-hybridized carbons (Fsp3) is 0.304. The first-order valence-corrected chi connectivity index (χ1v) is 9.90. The van der Waals surface area contributed by atoms with Gasteiger partial charge < -0.3 is 9.64 Å². The maximum absolute atomic E-state index is 13.1. The third-order valence-corrected chi connectivity index (χ3v) is 5.38. The molecular formula is C23H24N4O3. The van der Waals surface area contributed by atoms with Crippen LogP contribution in [0.2, 0.25) is 0 Å². The van der Waals surface area contributed by atoms with E-state index in [0.717, 1.165) is 16.7 Å². The summed E-state index contributed by atoms with van der Waals surface area (Å²) in [6, 6.07) is 10.9. The summed E-state index contributed by atoms with van der Waals surface area (Å²) < 4.78 is 7.31. The van der Waals surface area contributed by atoms with Crippen molar-refractivity contribution in [1.29, 1.82) is 0 Å². The van der Waals surface area contributed by atoms with E-state index in [1.807, 2.05) is 49.1 Å². The van der Waals surface area contributed by atoms with Crippen LogP contribution in [0, 0.1) is 13.8 Å². The number of anilines is 1. The summed E-state index contributed by atoms with van der Waals surface area (Å²) in [4.78, 5) is 36.4. The van der Waals surface area contributed by atoms with Gasteiger partial charge in [0.2, 0.25) is 5.95 Å². The lowest BCUT2D eigenvalue weighted by Crippen LogP contribution is -2.48. The van der Waals surface area contributed by atoms with Crippen LogP contribution in [0.5, 0.6) is 0 Å². The molecule has 3 heterocycles. The van der Waals surface area contributed by atoms with Crippen LogP contribution in [0.1, 0.15) is 21.5 Å². The molecule has 1 aliphatic heterocycles. The second kappa shape index (κ2) is 8.20. The molecule has 1 fully saturated rings. The third kappa shape index (κ3) is 3.89. The highest BCUT2D eigenvalue weighted by Crippen LogP contribution is 2.22. The Labute approximate surface area is 175 Å². The zero-order valence-corrected chi connectivity index (χ0v) is 17.3. The molecule has 0 bridgehead atoms. The van der Waals surface area contributed by atoms with E-state index in [0.29, 0.717) is 36.9 Å². The van der Waals surface area contributed by atoms with Crippen molar-refractivity contribution in [3.8, 4) is 11.3 Å². The standard InChI is InChI=1S/C23H24N4O3/c1-15-4-5-18(16(2)12-15)22(29)20-14-27(10-11-30-20)23-25-19(13-21(28)26(23)3)17-6-8-24-9-7-17/h4-9,12-13,20H,10-11,14H2,1-3H3. The van der Waals surface area contributed by atoms with Gasteiger partial charge in [0.1, 0.15) is 6.10 Å². The Bertz CT molecular complexity index is 1140. The lowest BCUT2D eigenvalue weighted by molar-refractivity contribution is 0.0336. The van der Waals surface area contributed by atoms with E-state index < -0.39 is 6.10 Å². The monoisotopic (exact) mass is 404 g/mol. The number of ketones is 1. The van der Waals surface area contributed by atoms with Gasteiger partial charge in [-0.25, -0.2) is 4.98 Å². The van der Waals surface area contributed by atoms with Crippen LogP contribution in [0.25, 0.3) is 11.3 Å². The van der Waals surface area contributed by atoms with Crippen LogP contribution < -0.4 is 10.5 Å². The van der Waals surface area contributed by atoms with Crippen LogP contribution in [-0.4, -0.2) is 46.1 Å². The Morgan fingerprint density at radius 3 is 2.63 bits per heavy atom. The number of aromatic nitrogens is 3. The van der Waals surface area contributed by atoms with Crippen LogP contribution in [0.3, 0.4) is 0 Å². The molecule has 0 radical (unpaired) electrons. The highest BCUT2D eigenvalue weighted by molar-refractivity contribution is 6.01. The van der Waals surface area contributed by atoms with E-state index in [9.17, 15) is 9.59 Å². The van der Waals surface area contributed by atoms with Gasteiger partial charge in [-0.15, -0.1) is 0 Å². The normalized spacial score (nSPS) is 16.5. The molecule has 1 aliphatic rings. The van der Waals surface area contributed by atoms with Gasteiger partial charge in [0.25, 0.3) is 5.56 Å². The number of hydrogen-bond acceptors (Lipinski definition) is 6. The third-order valence-electron chi connectivity index (χ3n) is 5.38. The summed E-state index contributed by atoms with van der Waals surface area (Å²) in [6.45, 7) is 5.21. The van der Waals surface area contributed by atoms with E-state index in [2.05, 4.69) is 4.98 Å². The summed E-state index contributed by atoms with van der Waals surface area (Å²) >= 11 is 0. The molecule has 0 amide bonds. The van der Waals surface area contributed by atoms with E-state index in [1.54, 1.807) is 19.4 Å². The first-order valence-electron chi connectivity index (χ1n) is 9.90. The number of aryl methyl sites for hydroxylation is 2. The Kier molecular flexibility index (Phi) is 5.46. The fourth-order valence-corrected chi connectivity index (χ4v) is 3.73. The molecule has 7 nitrogen and oxygen atoms in total. The largest absolute Gasteiger partial charge is 0.366 e. The SMILES string of the molecule is Cc1ccc(C(=O)C2CN(c3nc(-c4ccncc4)cc(=O)n3C)CCO2)c(C)c1. The predicted octanol–water partition coefficient (Wildman–Crippen LogP) is 2.55. The predicted molar refractivity (Wildman–Crippen MR) is 115 cm³/mol. The molecule has 1 atom stereocenters. The Morgan fingerprint density at radius 2 is 1.90 bits per heavy atom. The Balaban J connectivity index is 1.64. The highest BCUT2D eigenvalue weighted by Gasteiger charge is 2.30. The van der Waals surface area contributed by atoms with Crippen LogP contribution in [-0.2, 0) is 11.8 Å². The van der Waals surface area contributed by atoms with Crippen molar-refractivity contribution < 1.29 is 9.53 Å². The van der Waals surface area contributed by atoms with Gasteiger partial charge >= 0.3 is 0 Å². The summed E-state index contributed by atoms with van der Waals surface area (Å²) in [5.74, 6) is 0.475. The lowest BCUT2D eigenvalue weighted by atomic mass is 9.98. The smallest absolute Gasteiger partial charge is 0.255 e. The van der Waals surface area contributed by atoms with Gasteiger partial charge in [-0.05, 0) is 31.5 Å². The Hall–Kier alpha value is -3.32. The van der Waals surface area contributed by atoms with Gasteiger partial charge in [-0.2, -0.15) is 0 Å². The molecule has 0 spiro atoms. The number of benzene rings is 1. The molecule has 1 unspecified atom stereocenters. The maximum atomic E-state index is 13.1. The minimum atomic E-state index is -0.610. The van der Waals surface area contributed by atoms with Crippen molar-refractivity contribution in [3.05, 3.63) is 75.8 Å². The number of carbonyl (C=O) groups excluding carboxylic acids is 1. The van der Waals surface area contributed by atoms with E-state index >= 15 is 0 Å². The van der Waals surface area contributed by atoms with E-state index in [-0.39, 0.29) is 11.3 Å². The maximum Gasteiger partial charge on any atom is 0.255 e. The summed E-state index contributed by atoms with van der Waals surface area (Å²) in [7, 11) is 1.69. The molecule has 2 aromatic heterocycles. The molecule has 1 aromatic carbocycles. The molecule has 0 aliphatic carbocycles. The second-order valence-corrected chi connectivity index (χ2v) is 7.56. The molecule has 0 saturated carbocycles. The Morgan fingerprint density at radius 1 is 1.13 bits per heavy atom. The van der Waals surface area contributed by atoms with Gasteiger partial charge in [-0.1, -0.05) is 23.8 Å². The lowest BCUT2D eigenvalue weighted by Gasteiger charge is -2.34. The van der Waals surface area contributed by atoms with Crippen LogP contribution in [0.4, 0.5) is 5.95 Å². The molecule has 154 valence electrons. The first kappa shape index (κ1) is 20.0. The molecule has 1 saturated heterocycles. The summed E-state index contributed by atoms with van der Waals surface area (Å²) in [6.07, 6.45) is 2.73. The van der Waals surface area contributed by atoms with Gasteiger partial charge in [-0.3, -0.25) is 19.1 Å². The molecule has 30 heavy (non-hydrogen) atoms. The van der Waals surface area contributed by atoms with Gasteiger partial charge in [0.15, 0.2) is 5.78 Å². The van der Waals surface area contributed by atoms with Crippen molar-refractivity contribution in [2.24, 2.45) is 7.05 Å². The van der Waals surface area contributed by atoms with Gasteiger partial charge in [0, 0.05) is 43.2 Å². The van der Waals surface area contributed by atoms with Gasteiger partial charge in [0.05, 0.1) is 18.8 Å². The number of morpholine rings is 1. The first-order chi connectivity index (χ1) is 14.4. The minimum absolute atomic E-state index is 0.0486. The summed E-state index contributed by atoms with van der Waals surface area (Å²) in [5.41, 5.74) is 3.96. The number of nitrogens with zero attached hydrogens (tertiary/aromatic N) is 4. The second-order valence-electron chi connectivity index (χ2n) is 7.56. The van der Waals surface area contributed by atoms with Crippen LogP contribution in [0.15, 0.2) is 53.6 Å². The fourth-order valence-electron chi connectivity index (χ4n) is 3.73. The average Bonchev–Trinajstić information content (AvgIpc) is 2.76.